The Hall–Kier alpha value is -2.64. The van der Waals surface area contributed by atoms with Gasteiger partial charge < -0.3 is 15.1 Å². The van der Waals surface area contributed by atoms with E-state index in [-0.39, 0.29) is 41.1 Å². The third-order valence-corrected chi connectivity index (χ3v) is 6.18. The first kappa shape index (κ1) is 19.7. The van der Waals surface area contributed by atoms with E-state index in [1.807, 2.05) is 12.1 Å². The number of rotatable bonds is 3. The molecule has 7 heteroatoms. The van der Waals surface area contributed by atoms with Gasteiger partial charge in [-0.05, 0) is 55.5 Å². The SMILES string of the molecule is Cc1c(O)cc(C(=O)N2CCCC(C3NNCC3c3ccc(F)cc3)C2)cc1O. The average Bonchev–Trinajstić information content (AvgIpc) is 3.21. The summed E-state index contributed by atoms with van der Waals surface area (Å²) in [6, 6.07) is 9.58. The van der Waals surface area contributed by atoms with Crippen LogP contribution in [0, 0.1) is 18.7 Å². The molecule has 1 amide bonds. The Morgan fingerprint density at radius 2 is 1.86 bits per heavy atom. The summed E-state index contributed by atoms with van der Waals surface area (Å²) < 4.78 is 13.3. The molecule has 4 rings (SSSR count). The number of phenols is 2. The summed E-state index contributed by atoms with van der Waals surface area (Å²) in [6.45, 7) is 3.59. The number of carbonyl (C=O) groups excluding carboxylic acids is 1. The van der Waals surface area contributed by atoms with Crippen molar-refractivity contribution < 1.29 is 19.4 Å². The number of nitrogens with one attached hydrogen (secondary N) is 2. The molecule has 2 aromatic carbocycles. The number of phenolic OH excluding ortho intramolecular Hbond substituents is 2. The van der Waals surface area contributed by atoms with Crippen molar-refractivity contribution in [2.75, 3.05) is 19.6 Å². The van der Waals surface area contributed by atoms with Crippen LogP contribution in [0.5, 0.6) is 11.5 Å². The predicted octanol–water partition coefficient (Wildman–Crippen LogP) is 2.66. The average molecular weight is 399 g/mol. The molecule has 2 fully saturated rings. The molecule has 2 aliphatic heterocycles. The number of benzene rings is 2. The first-order chi connectivity index (χ1) is 13.9. The fourth-order valence-corrected chi connectivity index (χ4v) is 4.47. The molecule has 2 aliphatic rings. The van der Waals surface area contributed by atoms with Crippen molar-refractivity contribution in [1.29, 1.82) is 0 Å². The number of halogens is 1. The molecule has 0 spiro atoms. The Balaban J connectivity index is 1.50. The van der Waals surface area contributed by atoms with E-state index in [4.69, 9.17) is 0 Å². The standard InChI is InChI=1S/C22H26FN3O3/c1-13-19(27)9-16(10-20(13)28)22(29)26-8-2-3-15(12-26)21-18(11-24-25-21)14-4-6-17(23)7-5-14/h4-7,9-10,15,18,21,24-25,27-28H,2-3,8,11-12H2,1H3. The van der Waals surface area contributed by atoms with E-state index in [9.17, 15) is 19.4 Å². The number of likely N-dealkylation sites (tertiary alicyclic amines) is 1. The number of piperidine rings is 1. The Morgan fingerprint density at radius 1 is 1.17 bits per heavy atom. The summed E-state index contributed by atoms with van der Waals surface area (Å²) in [5.74, 6) is -0.166. The number of amides is 1. The van der Waals surface area contributed by atoms with Gasteiger partial charge in [0.2, 0.25) is 0 Å². The number of hydrogen-bond donors (Lipinski definition) is 4. The molecule has 0 radical (unpaired) electrons. The van der Waals surface area contributed by atoms with E-state index < -0.39 is 0 Å². The van der Waals surface area contributed by atoms with Crippen LogP contribution in [0.25, 0.3) is 0 Å². The fourth-order valence-electron chi connectivity index (χ4n) is 4.47. The lowest BCUT2D eigenvalue weighted by molar-refractivity contribution is 0.0643. The molecule has 0 saturated carbocycles. The van der Waals surface area contributed by atoms with Crippen molar-refractivity contribution in [1.82, 2.24) is 15.8 Å². The van der Waals surface area contributed by atoms with Gasteiger partial charge in [0.1, 0.15) is 17.3 Å². The van der Waals surface area contributed by atoms with Gasteiger partial charge in [-0.2, -0.15) is 0 Å². The van der Waals surface area contributed by atoms with E-state index >= 15 is 0 Å². The molecule has 0 aliphatic carbocycles. The highest BCUT2D eigenvalue weighted by Gasteiger charge is 2.37. The van der Waals surface area contributed by atoms with Crippen LogP contribution in [-0.2, 0) is 0 Å². The zero-order valence-corrected chi connectivity index (χ0v) is 16.4. The van der Waals surface area contributed by atoms with Gasteiger partial charge in [-0.25, -0.2) is 4.39 Å². The Labute approximate surface area is 169 Å². The second-order valence-corrected chi connectivity index (χ2v) is 8.00. The van der Waals surface area contributed by atoms with Crippen molar-refractivity contribution in [2.45, 2.75) is 31.7 Å². The van der Waals surface area contributed by atoms with Gasteiger partial charge >= 0.3 is 0 Å². The highest BCUT2D eigenvalue weighted by Crippen LogP contribution is 2.33. The van der Waals surface area contributed by atoms with E-state index in [2.05, 4.69) is 10.9 Å². The minimum atomic E-state index is -0.247. The molecular formula is C22H26FN3O3. The summed E-state index contributed by atoms with van der Waals surface area (Å²) in [6.07, 6.45) is 1.87. The molecular weight excluding hydrogens is 373 g/mol. The van der Waals surface area contributed by atoms with Gasteiger partial charge in [0.25, 0.3) is 5.91 Å². The van der Waals surface area contributed by atoms with Crippen LogP contribution in [0.1, 0.15) is 40.2 Å². The quantitative estimate of drug-likeness (QED) is 0.638. The van der Waals surface area contributed by atoms with Crippen LogP contribution in [0.2, 0.25) is 0 Å². The lowest BCUT2D eigenvalue weighted by atomic mass is 9.81. The molecule has 4 N–H and O–H groups in total. The van der Waals surface area contributed by atoms with Crippen LogP contribution in [0.15, 0.2) is 36.4 Å². The molecule has 29 heavy (non-hydrogen) atoms. The van der Waals surface area contributed by atoms with Crippen molar-refractivity contribution in [3.8, 4) is 11.5 Å². The van der Waals surface area contributed by atoms with Crippen LogP contribution in [0.4, 0.5) is 4.39 Å². The minimum absolute atomic E-state index is 0.0834. The monoisotopic (exact) mass is 399 g/mol. The summed E-state index contributed by atoms with van der Waals surface area (Å²) in [5.41, 5.74) is 8.30. The summed E-state index contributed by atoms with van der Waals surface area (Å²) in [7, 11) is 0. The third kappa shape index (κ3) is 3.93. The number of carbonyl (C=O) groups is 1. The normalized spacial score (nSPS) is 24.6. The van der Waals surface area contributed by atoms with Gasteiger partial charge in [0, 0.05) is 42.7 Å². The summed E-state index contributed by atoms with van der Waals surface area (Å²) in [4.78, 5) is 14.8. The highest BCUT2D eigenvalue weighted by atomic mass is 19.1. The molecule has 2 aromatic rings. The molecule has 0 aromatic heterocycles. The van der Waals surface area contributed by atoms with Crippen LogP contribution in [-0.4, -0.2) is 46.7 Å². The van der Waals surface area contributed by atoms with Crippen LogP contribution >= 0.6 is 0 Å². The maximum atomic E-state index is 13.3. The largest absolute Gasteiger partial charge is 0.508 e. The molecule has 3 unspecified atom stereocenters. The molecule has 6 nitrogen and oxygen atoms in total. The van der Waals surface area contributed by atoms with Crippen LogP contribution < -0.4 is 10.9 Å². The Kier molecular flexibility index (Phi) is 5.43. The number of hydrogen-bond acceptors (Lipinski definition) is 5. The zero-order chi connectivity index (χ0) is 20.5. The second kappa shape index (κ2) is 8.00. The first-order valence-corrected chi connectivity index (χ1v) is 9.99. The summed E-state index contributed by atoms with van der Waals surface area (Å²) >= 11 is 0. The number of nitrogens with zero attached hydrogens (tertiary/aromatic N) is 1. The first-order valence-electron chi connectivity index (χ1n) is 9.99. The smallest absolute Gasteiger partial charge is 0.254 e. The topological polar surface area (TPSA) is 84.8 Å². The molecule has 154 valence electrons. The fraction of sp³-hybridized carbons (Fsp3) is 0.409. The maximum Gasteiger partial charge on any atom is 0.254 e. The second-order valence-electron chi connectivity index (χ2n) is 8.00. The van der Waals surface area contributed by atoms with Crippen molar-refractivity contribution in [3.63, 3.8) is 0 Å². The lowest BCUT2D eigenvalue weighted by Crippen LogP contribution is -2.48. The van der Waals surface area contributed by atoms with E-state index in [0.717, 1.165) is 24.9 Å². The lowest BCUT2D eigenvalue weighted by Gasteiger charge is -2.37. The predicted molar refractivity (Wildman–Crippen MR) is 107 cm³/mol. The molecule has 2 saturated heterocycles. The molecule has 2 heterocycles. The minimum Gasteiger partial charge on any atom is -0.508 e. The van der Waals surface area contributed by atoms with Gasteiger partial charge in [0.05, 0.1) is 0 Å². The van der Waals surface area contributed by atoms with E-state index in [1.165, 1.54) is 24.3 Å². The maximum absolute atomic E-state index is 13.3. The molecule has 3 atom stereocenters. The van der Waals surface area contributed by atoms with Crippen molar-refractivity contribution in [3.05, 3.63) is 58.9 Å². The van der Waals surface area contributed by atoms with Crippen LogP contribution in [0.3, 0.4) is 0 Å². The van der Waals surface area contributed by atoms with Gasteiger partial charge in [-0.15, -0.1) is 0 Å². The van der Waals surface area contributed by atoms with Crippen molar-refractivity contribution in [2.24, 2.45) is 5.92 Å². The van der Waals surface area contributed by atoms with E-state index in [0.29, 0.717) is 24.2 Å². The highest BCUT2D eigenvalue weighted by molar-refractivity contribution is 5.95. The number of aromatic hydroxyl groups is 2. The van der Waals surface area contributed by atoms with Crippen molar-refractivity contribution >= 4 is 5.91 Å². The zero-order valence-electron chi connectivity index (χ0n) is 16.4. The van der Waals surface area contributed by atoms with E-state index in [1.54, 1.807) is 11.8 Å². The third-order valence-electron chi connectivity index (χ3n) is 6.18. The number of hydrazine groups is 1. The van der Waals surface area contributed by atoms with Gasteiger partial charge in [0.15, 0.2) is 0 Å². The van der Waals surface area contributed by atoms with Gasteiger partial charge in [-0.3, -0.25) is 15.6 Å². The Bertz CT molecular complexity index is 880. The summed E-state index contributed by atoms with van der Waals surface area (Å²) in [5, 5.41) is 19.9. The van der Waals surface area contributed by atoms with Gasteiger partial charge in [-0.1, -0.05) is 12.1 Å². The molecule has 0 bridgehead atoms. The Morgan fingerprint density at radius 3 is 2.55 bits per heavy atom.